The van der Waals surface area contributed by atoms with Crippen LogP contribution >= 0.6 is 11.6 Å². The van der Waals surface area contributed by atoms with E-state index in [0.29, 0.717) is 5.57 Å². The Morgan fingerprint density at radius 1 is 1.47 bits per heavy atom. The highest BCUT2D eigenvalue weighted by Crippen LogP contribution is 2.35. The van der Waals surface area contributed by atoms with Crippen molar-refractivity contribution < 1.29 is 4.79 Å². The molecule has 1 atom stereocenters. The van der Waals surface area contributed by atoms with E-state index in [9.17, 15) is 4.79 Å². The van der Waals surface area contributed by atoms with Gasteiger partial charge in [0.05, 0.1) is 0 Å². The fraction of sp³-hybridized carbons (Fsp3) is 0.214. The van der Waals surface area contributed by atoms with Crippen molar-refractivity contribution in [2.45, 2.75) is 18.3 Å². The maximum absolute atomic E-state index is 11.1. The van der Waals surface area contributed by atoms with E-state index in [1.807, 2.05) is 24.3 Å². The van der Waals surface area contributed by atoms with Crippen LogP contribution in [0.15, 0.2) is 48.2 Å². The number of rotatable bonds is 3. The highest BCUT2D eigenvalue weighted by atomic mass is 35.5. The lowest BCUT2D eigenvalue weighted by molar-refractivity contribution is -0.105. The number of benzene rings is 1. The highest BCUT2D eigenvalue weighted by molar-refractivity contribution is 6.27. The summed E-state index contributed by atoms with van der Waals surface area (Å²) in [5.41, 5.74) is 2.61. The zero-order valence-corrected chi connectivity index (χ0v) is 10.4. The lowest BCUT2D eigenvalue weighted by atomic mass is 9.95. The number of aryl methyl sites for hydroxylation is 1. The maximum Gasteiger partial charge on any atom is 0.167 e. The lowest BCUT2D eigenvalue weighted by Crippen LogP contribution is -2.37. The van der Waals surface area contributed by atoms with Crippen molar-refractivity contribution in [2.24, 2.45) is 0 Å². The number of dihydropyridines is 1. The summed E-state index contributed by atoms with van der Waals surface area (Å²) in [6.07, 6.45) is 6.99. The first-order valence-electron chi connectivity index (χ1n) is 5.59. The molecule has 1 heterocycles. The minimum Gasteiger partial charge on any atom is -0.365 e. The van der Waals surface area contributed by atoms with Gasteiger partial charge >= 0.3 is 0 Å². The molecule has 17 heavy (non-hydrogen) atoms. The van der Waals surface area contributed by atoms with Crippen LogP contribution in [0.4, 0.5) is 0 Å². The summed E-state index contributed by atoms with van der Waals surface area (Å²) in [6.45, 7) is 2.09. The van der Waals surface area contributed by atoms with Gasteiger partial charge in [0.15, 0.2) is 5.00 Å². The average molecular weight is 248 g/mol. The van der Waals surface area contributed by atoms with Gasteiger partial charge < -0.3 is 5.32 Å². The van der Waals surface area contributed by atoms with E-state index >= 15 is 0 Å². The summed E-state index contributed by atoms with van der Waals surface area (Å²) in [5, 5.41) is 3.05. The van der Waals surface area contributed by atoms with Crippen LogP contribution < -0.4 is 5.32 Å². The van der Waals surface area contributed by atoms with Crippen molar-refractivity contribution in [1.82, 2.24) is 5.32 Å². The molecule has 0 bridgehead atoms. The third-order valence-corrected chi connectivity index (χ3v) is 3.46. The van der Waals surface area contributed by atoms with Gasteiger partial charge in [-0.05, 0) is 29.8 Å². The largest absolute Gasteiger partial charge is 0.365 e. The Labute approximate surface area is 106 Å². The van der Waals surface area contributed by atoms with Gasteiger partial charge in [-0.15, -0.1) is 0 Å². The first kappa shape index (κ1) is 11.9. The van der Waals surface area contributed by atoms with E-state index in [2.05, 4.69) is 12.2 Å². The van der Waals surface area contributed by atoms with E-state index in [0.717, 1.165) is 18.3 Å². The van der Waals surface area contributed by atoms with Crippen LogP contribution in [0.25, 0.3) is 0 Å². The number of aldehydes is 1. The molecule has 0 fully saturated rings. The first-order valence-corrected chi connectivity index (χ1v) is 5.97. The van der Waals surface area contributed by atoms with Gasteiger partial charge in [-0.3, -0.25) is 4.79 Å². The maximum atomic E-state index is 11.1. The van der Waals surface area contributed by atoms with Crippen LogP contribution in [0.2, 0.25) is 0 Å². The molecule has 0 aliphatic carbocycles. The Balaban J connectivity index is 2.47. The van der Waals surface area contributed by atoms with E-state index < -0.39 is 5.00 Å². The summed E-state index contributed by atoms with van der Waals surface area (Å²) in [4.78, 5) is 10.1. The predicted octanol–water partition coefficient (Wildman–Crippen LogP) is 2.88. The van der Waals surface area contributed by atoms with Crippen LogP contribution in [-0.2, 0) is 16.2 Å². The van der Waals surface area contributed by atoms with Crippen molar-refractivity contribution in [1.29, 1.82) is 0 Å². The molecule has 88 valence electrons. The summed E-state index contributed by atoms with van der Waals surface area (Å²) in [5.74, 6) is 0. The summed E-state index contributed by atoms with van der Waals surface area (Å²) in [7, 11) is 0. The number of carbonyl (C=O) groups is 1. The van der Waals surface area contributed by atoms with Crippen molar-refractivity contribution in [3.63, 3.8) is 0 Å². The molecule has 2 rings (SSSR count). The summed E-state index contributed by atoms with van der Waals surface area (Å²) in [6, 6.07) is 7.96. The number of carbonyl (C=O) groups excluding carboxylic acids is 1. The molecule has 1 aliphatic heterocycles. The number of hydrogen-bond acceptors (Lipinski definition) is 2. The highest BCUT2D eigenvalue weighted by Gasteiger charge is 2.34. The van der Waals surface area contributed by atoms with E-state index in [1.165, 1.54) is 5.56 Å². The van der Waals surface area contributed by atoms with Crippen LogP contribution in [-0.4, -0.2) is 6.29 Å². The monoisotopic (exact) mass is 247 g/mol. The molecule has 1 aliphatic rings. The molecule has 3 heteroatoms. The van der Waals surface area contributed by atoms with Crippen molar-refractivity contribution >= 4 is 17.9 Å². The van der Waals surface area contributed by atoms with Gasteiger partial charge in [-0.1, -0.05) is 48.9 Å². The molecule has 1 aromatic carbocycles. The average Bonchev–Trinajstić information content (AvgIpc) is 2.39. The Morgan fingerprint density at radius 3 is 3.00 bits per heavy atom. The number of halogens is 1. The molecular formula is C14H14ClNO. The Morgan fingerprint density at radius 2 is 2.29 bits per heavy atom. The van der Waals surface area contributed by atoms with Crippen LogP contribution in [0, 0.1) is 0 Å². The van der Waals surface area contributed by atoms with E-state index in [1.54, 1.807) is 18.4 Å². The first-order chi connectivity index (χ1) is 8.20. The third kappa shape index (κ3) is 2.13. The number of alkyl halides is 1. The van der Waals surface area contributed by atoms with Gasteiger partial charge in [0.1, 0.15) is 6.29 Å². The van der Waals surface area contributed by atoms with Crippen molar-refractivity contribution in [2.75, 3.05) is 0 Å². The van der Waals surface area contributed by atoms with Crippen molar-refractivity contribution in [3.8, 4) is 0 Å². The second-order valence-corrected chi connectivity index (χ2v) is 4.52. The van der Waals surface area contributed by atoms with E-state index in [4.69, 9.17) is 11.6 Å². The molecule has 0 amide bonds. The van der Waals surface area contributed by atoms with Crippen LogP contribution in [0.3, 0.4) is 0 Å². The topological polar surface area (TPSA) is 29.1 Å². The minimum absolute atomic E-state index is 0.523. The summed E-state index contributed by atoms with van der Waals surface area (Å²) < 4.78 is 0. The van der Waals surface area contributed by atoms with Crippen LogP contribution in [0.5, 0.6) is 0 Å². The standard InChI is InChI=1S/C14H14ClNO/c1-2-11-5-3-6-12(9-11)14(15)13(10-17)7-4-8-16-14/h3-10,16H,2H2,1H3. The molecule has 1 N–H and O–H groups in total. The zero-order valence-electron chi connectivity index (χ0n) is 9.61. The fourth-order valence-electron chi connectivity index (χ4n) is 1.89. The molecule has 0 spiro atoms. The second kappa shape index (κ2) is 4.76. The van der Waals surface area contributed by atoms with Gasteiger partial charge in [0, 0.05) is 5.57 Å². The second-order valence-electron chi connectivity index (χ2n) is 3.96. The molecule has 0 saturated carbocycles. The smallest absolute Gasteiger partial charge is 0.167 e. The zero-order chi connectivity index (χ0) is 12.3. The molecular weight excluding hydrogens is 234 g/mol. The molecule has 2 nitrogen and oxygen atoms in total. The molecule has 0 aromatic heterocycles. The fourth-order valence-corrected chi connectivity index (χ4v) is 2.18. The lowest BCUT2D eigenvalue weighted by Gasteiger charge is -2.30. The quantitative estimate of drug-likeness (QED) is 0.506. The summed E-state index contributed by atoms with van der Waals surface area (Å²) >= 11 is 6.53. The molecule has 1 unspecified atom stereocenters. The number of hydrogen-bond donors (Lipinski definition) is 1. The van der Waals surface area contributed by atoms with Gasteiger partial charge in [0.25, 0.3) is 0 Å². The molecule has 1 aromatic rings. The molecule has 0 saturated heterocycles. The van der Waals surface area contributed by atoms with Gasteiger partial charge in [-0.25, -0.2) is 0 Å². The van der Waals surface area contributed by atoms with Crippen LogP contribution in [0.1, 0.15) is 18.1 Å². The Kier molecular flexibility index (Phi) is 3.34. The Hall–Kier alpha value is -1.54. The predicted molar refractivity (Wildman–Crippen MR) is 69.8 cm³/mol. The van der Waals surface area contributed by atoms with Gasteiger partial charge in [0.2, 0.25) is 0 Å². The van der Waals surface area contributed by atoms with Crippen molar-refractivity contribution in [3.05, 3.63) is 59.3 Å². The number of nitrogens with one attached hydrogen (secondary N) is 1. The third-order valence-electron chi connectivity index (χ3n) is 2.91. The number of allylic oxidation sites excluding steroid dienone is 2. The minimum atomic E-state index is -0.943. The van der Waals surface area contributed by atoms with E-state index in [-0.39, 0.29) is 0 Å². The normalized spacial score (nSPS) is 22.8. The van der Waals surface area contributed by atoms with Gasteiger partial charge in [-0.2, -0.15) is 0 Å². The SMILES string of the molecule is CCc1cccc(C2(Cl)NC=CC=C2C=O)c1. The Bertz CT molecular complexity index is 493. The molecule has 0 radical (unpaired) electrons.